The van der Waals surface area contributed by atoms with Crippen LogP contribution in [0, 0.1) is 0 Å². The summed E-state index contributed by atoms with van der Waals surface area (Å²) >= 11 is 0. The van der Waals surface area contributed by atoms with Gasteiger partial charge in [-0.3, -0.25) is 0 Å². The first-order valence-electron chi connectivity index (χ1n) is 0.765. The van der Waals surface area contributed by atoms with E-state index in [1.165, 1.54) is 0 Å². The molecule has 0 fully saturated rings. The molecule has 0 heterocycles. The Balaban J connectivity index is -0.0000000160. The van der Waals surface area contributed by atoms with Crippen LogP contribution in [0.1, 0.15) is 0 Å². The predicted molar refractivity (Wildman–Crippen MR) is 23.3 cm³/mol. The zero-order valence-corrected chi connectivity index (χ0v) is 6.45. The first kappa shape index (κ1) is 23.5. The number of hydrogen-bond donors (Lipinski definition) is 2. The van der Waals surface area contributed by atoms with Crippen molar-refractivity contribution in [3.63, 3.8) is 0 Å². The van der Waals surface area contributed by atoms with Gasteiger partial charge in [-0.05, 0) is 0 Å². The molecule has 0 unspecified atom stereocenters. The Morgan fingerprint density at radius 3 is 1.00 bits per heavy atom. The van der Waals surface area contributed by atoms with Gasteiger partial charge in [0.2, 0.25) is 0 Å². The van der Waals surface area contributed by atoms with E-state index in [0.717, 1.165) is 0 Å². The molecule has 0 spiro atoms. The predicted octanol–water partition coefficient (Wildman–Crippen LogP) is -0.456. The quantitative estimate of drug-likeness (QED) is 0.408. The third-order valence-electron chi connectivity index (χ3n) is 0. The average molecular weight is 201 g/mol. The van der Waals surface area contributed by atoms with E-state index in [1.54, 1.807) is 0 Å². The summed E-state index contributed by atoms with van der Waals surface area (Å²) in [4.78, 5) is 14.0. The zero-order valence-electron chi connectivity index (χ0n) is 3.48. The van der Waals surface area contributed by atoms with Crippen LogP contribution in [0.15, 0.2) is 0 Å². The minimum Gasteiger partial charge on any atom is -0.412 e. The molecule has 0 aliphatic heterocycles. The molecule has 8 heteroatoms. The van der Waals surface area contributed by atoms with Crippen molar-refractivity contribution in [2.75, 3.05) is 0 Å². The molecular formula is H4MnO5P2+2. The van der Waals surface area contributed by atoms with Gasteiger partial charge in [-0.2, -0.15) is 0 Å². The Labute approximate surface area is 59.5 Å². The van der Waals surface area contributed by atoms with Crippen LogP contribution in [0.4, 0.5) is 0 Å². The Hall–Kier alpha value is 0.599. The normalized spacial score (nSPS) is 5.25. The molecule has 0 aromatic rings. The molecule has 0 amide bonds. The van der Waals surface area contributed by atoms with E-state index in [0.29, 0.717) is 0 Å². The molecule has 8 heavy (non-hydrogen) atoms. The summed E-state index contributed by atoms with van der Waals surface area (Å²) in [5.41, 5.74) is 0. The molecule has 5 nitrogen and oxygen atoms in total. The van der Waals surface area contributed by atoms with Crippen molar-refractivity contribution in [3.8, 4) is 0 Å². The van der Waals surface area contributed by atoms with Gasteiger partial charge in [0, 0.05) is 0 Å². The molecule has 1 radical (unpaired) electrons. The SMILES string of the molecule is O.O=PO.O=PO.[Mn+2]. The maximum absolute atomic E-state index is 8.46. The van der Waals surface area contributed by atoms with E-state index in [-0.39, 0.29) is 22.5 Å². The smallest absolute Gasteiger partial charge is 0.412 e. The molecule has 0 bridgehead atoms. The summed E-state index contributed by atoms with van der Waals surface area (Å²) in [5, 5.41) is 0. The van der Waals surface area contributed by atoms with Gasteiger partial charge >= 0.3 is 34.4 Å². The van der Waals surface area contributed by atoms with Crippen molar-refractivity contribution < 1.29 is 41.5 Å². The fourth-order valence-electron chi connectivity index (χ4n) is 0. The third kappa shape index (κ3) is 576. The fourth-order valence-corrected chi connectivity index (χ4v) is 0. The first-order chi connectivity index (χ1) is 2.83. The summed E-state index contributed by atoms with van der Waals surface area (Å²) in [6, 6.07) is 0. The van der Waals surface area contributed by atoms with Crippen molar-refractivity contribution in [2.24, 2.45) is 0 Å². The van der Waals surface area contributed by atoms with E-state index in [2.05, 4.69) is 0 Å². The summed E-state index contributed by atoms with van der Waals surface area (Å²) < 4.78 is 16.9. The summed E-state index contributed by atoms with van der Waals surface area (Å²) in [6.07, 6.45) is 0. The molecular weight excluding hydrogens is 197 g/mol. The van der Waals surface area contributed by atoms with Gasteiger partial charge in [-0.1, -0.05) is 0 Å². The molecule has 0 saturated carbocycles. The zero-order chi connectivity index (χ0) is 5.41. The summed E-state index contributed by atoms with van der Waals surface area (Å²) in [7, 11) is -1.67. The van der Waals surface area contributed by atoms with Crippen LogP contribution < -0.4 is 0 Å². The molecule has 0 aliphatic rings. The standard InChI is InChI=1S/Mn.2HO2P.H2O/c;2*1-3-2;/h;2*(H,1,2);1H2/q+2;;;. The monoisotopic (exact) mass is 201 g/mol. The molecule has 0 saturated heterocycles. The van der Waals surface area contributed by atoms with Crippen molar-refractivity contribution in [1.82, 2.24) is 0 Å². The summed E-state index contributed by atoms with van der Waals surface area (Å²) in [6.45, 7) is 0. The molecule has 0 aliphatic carbocycles. The van der Waals surface area contributed by atoms with Crippen LogP contribution in [0.5, 0.6) is 0 Å². The average Bonchev–Trinajstić information content (AvgIpc) is 1.39. The molecule has 0 aromatic heterocycles. The van der Waals surface area contributed by atoms with Gasteiger partial charge < -0.3 is 15.3 Å². The van der Waals surface area contributed by atoms with Crippen LogP contribution in [0.25, 0.3) is 0 Å². The minimum atomic E-state index is -0.833. The Morgan fingerprint density at radius 1 is 1.00 bits per heavy atom. The first-order valence-corrected chi connectivity index (χ1v) is 2.30. The van der Waals surface area contributed by atoms with E-state index >= 15 is 0 Å². The van der Waals surface area contributed by atoms with Crippen LogP contribution in [0.2, 0.25) is 0 Å². The van der Waals surface area contributed by atoms with Gasteiger partial charge in [0.05, 0.1) is 0 Å². The second kappa shape index (κ2) is 49.0. The van der Waals surface area contributed by atoms with Crippen LogP contribution >= 0.6 is 17.4 Å². The molecule has 4 N–H and O–H groups in total. The minimum absolute atomic E-state index is 0. The van der Waals surface area contributed by atoms with E-state index in [9.17, 15) is 0 Å². The van der Waals surface area contributed by atoms with Crippen molar-refractivity contribution >= 4 is 17.4 Å². The van der Waals surface area contributed by atoms with Crippen LogP contribution in [-0.2, 0) is 26.2 Å². The largest absolute Gasteiger partial charge is 2.00 e. The van der Waals surface area contributed by atoms with Crippen molar-refractivity contribution in [1.29, 1.82) is 0 Å². The maximum Gasteiger partial charge on any atom is 2.00 e. The molecule has 0 rings (SSSR count). The summed E-state index contributed by atoms with van der Waals surface area (Å²) in [5.74, 6) is 0. The van der Waals surface area contributed by atoms with Gasteiger partial charge in [0.1, 0.15) is 0 Å². The fraction of sp³-hybridized carbons (Fsp3) is 0. The van der Waals surface area contributed by atoms with Gasteiger partial charge in [-0.25, -0.2) is 9.13 Å². The Kier molecular flexibility index (Phi) is 144. The second-order valence-electron chi connectivity index (χ2n) is 0.163. The maximum atomic E-state index is 8.46. The van der Waals surface area contributed by atoms with Crippen molar-refractivity contribution in [2.45, 2.75) is 0 Å². The van der Waals surface area contributed by atoms with E-state index in [1.807, 2.05) is 0 Å². The van der Waals surface area contributed by atoms with Crippen molar-refractivity contribution in [3.05, 3.63) is 0 Å². The molecule has 0 atom stereocenters. The Morgan fingerprint density at radius 2 is 1.00 bits per heavy atom. The number of rotatable bonds is 0. The van der Waals surface area contributed by atoms with E-state index in [4.69, 9.17) is 18.9 Å². The van der Waals surface area contributed by atoms with Crippen LogP contribution in [0.3, 0.4) is 0 Å². The topological polar surface area (TPSA) is 106 Å². The second-order valence-corrected chi connectivity index (χ2v) is 0.490. The molecule has 49 valence electrons. The van der Waals surface area contributed by atoms with Gasteiger partial charge in [0.25, 0.3) is 0 Å². The Bertz CT molecular complexity index is 31.4. The van der Waals surface area contributed by atoms with E-state index < -0.39 is 17.4 Å². The number of hydrogen-bond acceptors (Lipinski definition) is 2. The molecule has 0 aromatic carbocycles. The third-order valence-corrected chi connectivity index (χ3v) is 0. The van der Waals surface area contributed by atoms with Gasteiger partial charge in [-0.15, -0.1) is 0 Å². The van der Waals surface area contributed by atoms with Gasteiger partial charge in [0.15, 0.2) is 0 Å². The van der Waals surface area contributed by atoms with Crippen LogP contribution in [-0.4, -0.2) is 15.3 Å².